The van der Waals surface area contributed by atoms with Gasteiger partial charge in [-0.25, -0.2) is 0 Å². The number of aromatic nitrogens is 2. The Morgan fingerprint density at radius 2 is 2.00 bits per heavy atom. The van der Waals surface area contributed by atoms with Crippen LogP contribution in [0.4, 0.5) is 0 Å². The summed E-state index contributed by atoms with van der Waals surface area (Å²) in [5, 5.41) is 0. The first-order valence-electron chi connectivity index (χ1n) is 8.03. The van der Waals surface area contributed by atoms with E-state index < -0.39 is 0 Å². The Bertz CT molecular complexity index is 511. The van der Waals surface area contributed by atoms with Crippen molar-refractivity contribution in [3.63, 3.8) is 0 Å². The van der Waals surface area contributed by atoms with Gasteiger partial charge in [0.25, 0.3) is 0 Å². The standard InChI is InChI=1S/C16H24N4O2/c1-12-9-18-15(10-17-12)16-11-20(7-8-22-16)14-3-5-19(6-4-14)13(2)21/h9-10,14,16H,3-8,11H2,1-2H3/t16-/m1/s1. The second-order valence-electron chi connectivity index (χ2n) is 6.17. The number of morpholine rings is 1. The van der Waals surface area contributed by atoms with Crippen LogP contribution in [0.2, 0.25) is 0 Å². The van der Waals surface area contributed by atoms with E-state index in [1.54, 1.807) is 13.1 Å². The zero-order valence-electron chi connectivity index (χ0n) is 13.4. The molecule has 0 aromatic carbocycles. The van der Waals surface area contributed by atoms with Gasteiger partial charge in [-0.05, 0) is 19.8 Å². The van der Waals surface area contributed by atoms with Gasteiger partial charge in [-0.15, -0.1) is 0 Å². The van der Waals surface area contributed by atoms with E-state index in [9.17, 15) is 4.79 Å². The SMILES string of the molecule is CC(=O)N1CCC(N2CCO[C@@H](c3cnc(C)cn3)C2)CC1. The van der Waals surface area contributed by atoms with Crippen molar-refractivity contribution in [2.75, 3.05) is 32.8 Å². The number of carbonyl (C=O) groups is 1. The summed E-state index contributed by atoms with van der Waals surface area (Å²) in [4.78, 5) is 24.6. The molecule has 2 fully saturated rings. The molecular formula is C16H24N4O2. The molecule has 0 unspecified atom stereocenters. The molecule has 3 heterocycles. The molecule has 22 heavy (non-hydrogen) atoms. The summed E-state index contributed by atoms with van der Waals surface area (Å²) in [6.07, 6.45) is 5.72. The van der Waals surface area contributed by atoms with Crippen LogP contribution in [0.15, 0.2) is 12.4 Å². The molecule has 1 aromatic heterocycles. The second-order valence-corrected chi connectivity index (χ2v) is 6.17. The van der Waals surface area contributed by atoms with Crippen molar-refractivity contribution in [1.29, 1.82) is 0 Å². The summed E-state index contributed by atoms with van der Waals surface area (Å²) >= 11 is 0. The number of ether oxygens (including phenoxy) is 1. The van der Waals surface area contributed by atoms with E-state index in [0.717, 1.165) is 57.0 Å². The maximum Gasteiger partial charge on any atom is 0.219 e. The molecule has 6 nitrogen and oxygen atoms in total. The molecule has 3 rings (SSSR count). The Balaban J connectivity index is 1.59. The van der Waals surface area contributed by atoms with E-state index >= 15 is 0 Å². The van der Waals surface area contributed by atoms with E-state index in [2.05, 4.69) is 14.9 Å². The number of nitrogens with zero attached hydrogens (tertiary/aromatic N) is 4. The molecule has 0 aliphatic carbocycles. The topological polar surface area (TPSA) is 58.6 Å². The summed E-state index contributed by atoms with van der Waals surface area (Å²) in [6, 6.07) is 0.542. The van der Waals surface area contributed by atoms with Gasteiger partial charge in [-0.3, -0.25) is 19.7 Å². The van der Waals surface area contributed by atoms with Gasteiger partial charge >= 0.3 is 0 Å². The van der Waals surface area contributed by atoms with Gasteiger partial charge in [0.15, 0.2) is 0 Å². The van der Waals surface area contributed by atoms with Crippen molar-refractivity contribution in [1.82, 2.24) is 19.8 Å². The Hall–Kier alpha value is -1.53. The molecule has 1 aromatic rings. The van der Waals surface area contributed by atoms with Crippen LogP contribution >= 0.6 is 0 Å². The van der Waals surface area contributed by atoms with Crippen LogP contribution < -0.4 is 0 Å². The minimum atomic E-state index is 0.00712. The highest BCUT2D eigenvalue weighted by Crippen LogP contribution is 2.25. The van der Waals surface area contributed by atoms with Crippen LogP contribution in [-0.2, 0) is 9.53 Å². The van der Waals surface area contributed by atoms with Crippen LogP contribution in [0.5, 0.6) is 0 Å². The number of hydrogen-bond donors (Lipinski definition) is 0. The van der Waals surface area contributed by atoms with Crippen molar-refractivity contribution >= 4 is 5.91 Å². The third-order valence-corrected chi connectivity index (χ3v) is 4.65. The fraction of sp³-hybridized carbons (Fsp3) is 0.688. The predicted octanol–water partition coefficient (Wildman–Crippen LogP) is 1.17. The largest absolute Gasteiger partial charge is 0.369 e. The maximum atomic E-state index is 11.4. The molecule has 2 aliphatic heterocycles. The predicted molar refractivity (Wildman–Crippen MR) is 82.3 cm³/mol. The number of rotatable bonds is 2. The molecule has 0 radical (unpaired) electrons. The van der Waals surface area contributed by atoms with Crippen LogP contribution in [0.25, 0.3) is 0 Å². The van der Waals surface area contributed by atoms with E-state index in [1.165, 1.54) is 0 Å². The Morgan fingerprint density at radius 3 is 2.64 bits per heavy atom. The first-order chi connectivity index (χ1) is 10.6. The molecular weight excluding hydrogens is 280 g/mol. The molecule has 120 valence electrons. The molecule has 0 spiro atoms. The van der Waals surface area contributed by atoms with Crippen LogP contribution in [0.1, 0.15) is 37.3 Å². The van der Waals surface area contributed by atoms with E-state index in [0.29, 0.717) is 6.04 Å². The minimum Gasteiger partial charge on any atom is -0.369 e. The average molecular weight is 304 g/mol. The fourth-order valence-electron chi connectivity index (χ4n) is 3.29. The lowest BCUT2D eigenvalue weighted by atomic mass is 10.0. The van der Waals surface area contributed by atoms with Gasteiger partial charge in [0.2, 0.25) is 5.91 Å². The Morgan fingerprint density at radius 1 is 1.23 bits per heavy atom. The van der Waals surface area contributed by atoms with Gasteiger partial charge < -0.3 is 9.64 Å². The Labute approximate surface area is 131 Å². The summed E-state index contributed by atoms with van der Waals surface area (Å²) < 4.78 is 5.88. The van der Waals surface area contributed by atoms with Crippen LogP contribution in [0, 0.1) is 6.92 Å². The third kappa shape index (κ3) is 3.44. The first-order valence-corrected chi connectivity index (χ1v) is 8.03. The molecule has 2 saturated heterocycles. The third-order valence-electron chi connectivity index (χ3n) is 4.65. The minimum absolute atomic E-state index is 0.00712. The summed E-state index contributed by atoms with van der Waals surface area (Å²) in [5.74, 6) is 0.188. The molecule has 1 atom stereocenters. The zero-order valence-corrected chi connectivity index (χ0v) is 13.4. The summed E-state index contributed by atoms with van der Waals surface area (Å²) in [7, 11) is 0. The van der Waals surface area contributed by atoms with E-state index in [4.69, 9.17) is 4.74 Å². The van der Waals surface area contributed by atoms with Crippen molar-refractivity contribution < 1.29 is 9.53 Å². The quantitative estimate of drug-likeness (QED) is 0.821. The smallest absolute Gasteiger partial charge is 0.219 e. The first kappa shape index (κ1) is 15.4. The number of aryl methyl sites for hydroxylation is 1. The van der Waals surface area contributed by atoms with Crippen LogP contribution in [0.3, 0.4) is 0 Å². The monoisotopic (exact) mass is 304 g/mol. The summed E-state index contributed by atoms with van der Waals surface area (Å²) in [5.41, 5.74) is 1.84. The van der Waals surface area contributed by atoms with E-state index in [1.807, 2.05) is 18.0 Å². The van der Waals surface area contributed by atoms with Gasteiger partial charge in [-0.1, -0.05) is 0 Å². The molecule has 6 heteroatoms. The number of piperidine rings is 1. The number of amides is 1. The lowest BCUT2D eigenvalue weighted by molar-refractivity contribution is -0.131. The van der Waals surface area contributed by atoms with Gasteiger partial charge in [0, 0.05) is 45.3 Å². The van der Waals surface area contributed by atoms with Gasteiger partial charge in [0.05, 0.1) is 24.2 Å². The molecule has 0 saturated carbocycles. The average Bonchev–Trinajstić information content (AvgIpc) is 2.56. The zero-order chi connectivity index (χ0) is 15.5. The molecule has 0 bridgehead atoms. The second kappa shape index (κ2) is 6.71. The highest BCUT2D eigenvalue weighted by atomic mass is 16.5. The molecule has 0 N–H and O–H groups in total. The summed E-state index contributed by atoms with van der Waals surface area (Å²) in [6.45, 7) is 7.88. The molecule has 1 amide bonds. The lowest BCUT2D eigenvalue weighted by Gasteiger charge is -2.41. The van der Waals surface area contributed by atoms with Crippen molar-refractivity contribution in [2.24, 2.45) is 0 Å². The number of likely N-dealkylation sites (tertiary alicyclic amines) is 1. The Kier molecular flexibility index (Phi) is 4.69. The highest BCUT2D eigenvalue weighted by molar-refractivity contribution is 5.73. The normalized spacial score (nSPS) is 24.5. The number of hydrogen-bond acceptors (Lipinski definition) is 5. The van der Waals surface area contributed by atoms with Crippen molar-refractivity contribution in [3.05, 3.63) is 23.8 Å². The maximum absolute atomic E-state index is 11.4. The van der Waals surface area contributed by atoms with Crippen molar-refractivity contribution in [2.45, 2.75) is 38.8 Å². The lowest BCUT2D eigenvalue weighted by Crippen LogP contribution is -2.50. The van der Waals surface area contributed by atoms with Gasteiger partial charge in [0.1, 0.15) is 6.10 Å². The fourth-order valence-corrected chi connectivity index (χ4v) is 3.29. The van der Waals surface area contributed by atoms with E-state index in [-0.39, 0.29) is 12.0 Å². The van der Waals surface area contributed by atoms with Gasteiger partial charge in [-0.2, -0.15) is 0 Å². The van der Waals surface area contributed by atoms with Crippen molar-refractivity contribution in [3.8, 4) is 0 Å². The highest BCUT2D eigenvalue weighted by Gasteiger charge is 2.30. The van der Waals surface area contributed by atoms with Crippen LogP contribution in [-0.4, -0.2) is 64.5 Å². The molecule has 2 aliphatic rings. The number of carbonyl (C=O) groups excluding carboxylic acids is 1.